The Labute approximate surface area is 180 Å². The van der Waals surface area contributed by atoms with Gasteiger partial charge >= 0.3 is 0 Å². The number of carbonyl (C=O) groups is 2. The predicted octanol–water partition coefficient (Wildman–Crippen LogP) is 3.84. The maximum Gasteiger partial charge on any atom is 0.268 e. The fourth-order valence-corrected chi connectivity index (χ4v) is 4.09. The molecule has 0 aliphatic heterocycles. The number of hydrogen-bond donors (Lipinski definition) is 2. The number of nitrogens with zero attached hydrogens (tertiary/aromatic N) is 2. The molecule has 0 unspecified atom stereocenters. The molecule has 7 heteroatoms. The van der Waals surface area contributed by atoms with Gasteiger partial charge in [0, 0.05) is 17.5 Å². The third kappa shape index (κ3) is 5.24. The number of benzene rings is 2. The number of amides is 2. The van der Waals surface area contributed by atoms with E-state index < -0.39 is 5.91 Å². The number of nitrogens with two attached hydrogens (primary N) is 1. The molecule has 0 radical (unpaired) electrons. The highest BCUT2D eigenvalue weighted by atomic mass is 32.1. The second-order valence-corrected chi connectivity index (χ2v) is 8.21. The van der Waals surface area contributed by atoms with Crippen molar-refractivity contribution in [3.05, 3.63) is 80.8 Å². The molecule has 0 spiro atoms. The van der Waals surface area contributed by atoms with Gasteiger partial charge in [-0.2, -0.15) is 0 Å². The zero-order valence-electron chi connectivity index (χ0n) is 17.1. The van der Waals surface area contributed by atoms with Gasteiger partial charge in [-0.3, -0.25) is 9.59 Å². The molecular formula is C23H25N3O3S. The zero-order valence-corrected chi connectivity index (χ0v) is 17.9. The first-order valence-electron chi connectivity index (χ1n) is 9.72. The third-order valence-electron chi connectivity index (χ3n) is 4.89. The lowest BCUT2D eigenvalue weighted by Crippen LogP contribution is -2.32. The molecule has 1 aromatic heterocycles. The van der Waals surface area contributed by atoms with Crippen LogP contribution in [0.15, 0.2) is 47.8 Å². The Morgan fingerprint density at radius 2 is 1.80 bits per heavy atom. The third-order valence-corrected chi connectivity index (χ3v) is 5.73. The van der Waals surface area contributed by atoms with Crippen LogP contribution >= 0.6 is 11.3 Å². The summed E-state index contributed by atoms with van der Waals surface area (Å²) in [5.41, 5.74) is 8.57. The monoisotopic (exact) mass is 423 g/mol. The van der Waals surface area contributed by atoms with E-state index in [2.05, 4.69) is 17.1 Å². The number of aromatic nitrogens is 1. The summed E-state index contributed by atoms with van der Waals surface area (Å²) in [7, 11) is 0. The lowest BCUT2D eigenvalue weighted by molar-refractivity contribution is 0.0741. The van der Waals surface area contributed by atoms with Gasteiger partial charge in [0.2, 0.25) is 0 Å². The second-order valence-electron chi connectivity index (χ2n) is 7.27. The quantitative estimate of drug-likeness (QED) is 0.575. The van der Waals surface area contributed by atoms with Crippen LogP contribution in [-0.4, -0.2) is 33.3 Å². The van der Waals surface area contributed by atoms with E-state index in [9.17, 15) is 14.7 Å². The first kappa shape index (κ1) is 21.5. The van der Waals surface area contributed by atoms with E-state index >= 15 is 0 Å². The van der Waals surface area contributed by atoms with Crippen LogP contribution in [0, 0.1) is 13.8 Å². The Balaban J connectivity index is 1.79. The number of phenolic OH excluding ortho intramolecular Hbond substituents is 1. The molecule has 3 N–H and O–H groups in total. The molecule has 0 saturated carbocycles. The molecule has 156 valence electrons. The van der Waals surface area contributed by atoms with Gasteiger partial charge in [-0.05, 0) is 55.5 Å². The Morgan fingerprint density at radius 3 is 2.40 bits per heavy atom. The van der Waals surface area contributed by atoms with E-state index in [1.54, 1.807) is 36.3 Å². The predicted molar refractivity (Wildman–Crippen MR) is 118 cm³/mol. The van der Waals surface area contributed by atoms with Crippen LogP contribution in [0.4, 0.5) is 0 Å². The summed E-state index contributed by atoms with van der Waals surface area (Å²) in [6.07, 6.45) is 1.64. The minimum Gasteiger partial charge on any atom is -0.507 e. The van der Waals surface area contributed by atoms with Crippen LogP contribution in [0.2, 0.25) is 0 Å². The number of thiazole rings is 1. The standard InChI is InChI=1S/C23H25N3O3S/c1-15-11-18(12-16(2)21(15)27)23(29)26(10-6-9-17-7-4-3-5-8-17)13-20-25-19(14-30-20)22(24)28/h3-5,7-8,11-12,14,27H,6,9-10,13H2,1-2H3,(H2,24,28). The van der Waals surface area contributed by atoms with Gasteiger partial charge in [0.05, 0.1) is 6.54 Å². The van der Waals surface area contributed by atoms with Gasteiger partial charge in [-0.25, -0.2) is 4.98 Å². The van der Waals surface area contributed by atoms with Gasteiger partial charge in [0.1, 0.15) is 16.5 Å². The second kappa shape index (κ2) is 9.54. The van der Waals surface area contributed by atoms with E-state index in [0.717, 1.165) is 12.8 Å². The lowest BCUT2D eigenvalue weighted by Gasteiger charge is -2.22. The van der Waals surface area contributed by atoms with Gasteiger partial charge in [0.15, 0.2) is 0 Å². The zero-order chi connectivity index (χ0) is 21.7. The number of aryl methyl sites for hydroxylation is 3. The maximum absolute atomic E-state index is 13.3. The molecule has 30 heavy (non-hydrogen) atoms. The van der Waals surface area contributed by atoms with Crippen LogP contribution < -0.4 is 5.73 Å². The van der Waals surface area contributed by atoms with Crippen molar-refractivity contribution in [2.75, 3.05) is 6.54 Å². The molecule has 3 aromatic rings. The van der Waals surface area contributed by atoms with Crippen molar-refractivity contribution < 1.29 is 14.7 Å². The summed E-state index contributed by atoms with van der Waals surface area (Å²) in [5, 5.41) is 12.3. The van der Waals surface area contributed by atoms with Crippen molar-refractivity contribution in [2.45, 2.75) is 33.2 Å². The van der Waals surface area contributed by atoms with Gasteiger partial charge < -0.3 is 15.7 Å². The Kier molecular flexibility index (Phi) is 6.84. The summed E-state index contributed by atoms with van der Waals surface area (Å²) < 4.78 is 0. The number of carbonyl (C=O) groups excluding carboxylic acids is 2. The molecule has 0 bridgehead atoms. The largest absolute Gasteiger partial charge is 0.507 e. The van der Waals surface area contributed by atoms with Crippen LogP contribution in [0.5, 0.6) is 5.75 Å². The smallest absolute Gasteiger partial charge is 0.268 e. The fourth-order valence-electron chi connectivity index (χ4n) is 3.29. The minimum absolute atomic E-state index is 0.134. The first-order chi connectivity index (χ1) is 14.3. The van der Waals surface area contributed by atoms with Crippen LogP contribution in [-0.2, 0) is 13.0 Å². The molecule has 1 heterocycles. The molecule has 0 saturated heterocycles. The average molecular weight is 424 g/mol. The Morgan fingerprint density at radius 1 is 1.13 bits per heavy atom. The van der Waals surface area contributed by atoms with E-state index in [1.807, 2.05) is 18.2 Å². The van der Waals surface area contributed by atoms with Crippen LogP contribution in [0.1, 0.15) is 49.0 Å². The normalized spacial score (nSPS) is 10.7. The Bertz CT molecular complexity index is 1020. The maximum atomic E-state index is 13.3. The van der Waals surface area contributed by atoms with E-state index in [-0.39, 0.29) is 17.4 Å². The van der Waals surface area contributed by atoms with Gasteiger partial charge in [0.25, 0.3) is 11.8 Å². The number of phenols is 1. The number of hydrogen-bond acceptors (Lipinski definition) is 5. The van der Waals surface area contributed by atoms with E-state index in [0.29, 0.717) is 34.8 Å². The first-order valence-corrected chi connectivity index (χ1v) is 10.6. The SMILES string of the molecule is Cc1cc(C(=O)N(CCCc2ccccc2)Cc2nc(C(N)=O)cs2)cc(C)c1O. The molecule has 6 nitrogen and oxygen atoms in total. The molecule has 0 fully saturated rings. The van der Waals surface area contributed by atoms with Crippen molar-refractivity contribution in [3.8, 4) is 5.75 Å². The fraction of sp³-hybridized carbons (Fsp3) is 0.261. The summed E-state index contributed by atoms with van der Waals surface area (Å²) >= 11 is 1.31. The lowest BCUT2D eigenvalue weighted by atomic mass is 10.0. The van der Waals surface area contributed by atoms with E-state index in [4.69, 9.17) is 5.73 Å². The van der Waals surface area contributed by atoms with Crippen molar-refractivity contribution in [1.82, 2.24) is 9.88 Å². The average Bonchev–Trinajstić information content (AvgIpc) is 3.20. The summed E-state index contributed by atoms with van der Waals surface area (Å²) in [6, 6.07) is 13.5. The summed E-state index contributed by atoms with van der Waals surface area (Å²) in [5.74, 6) is -0.512. The van der Waals surface area contributed by atoms with Crippen LogP contribution in [0.25, 0.3) is 0 Å². The number of rotatable bonds is 8. The number of aromatic hydroxyl groups is 1. The highest BCUT2D eigenvalue weighted by Crippen LogP contribution is 2.24. The molecule has 2 amide bonds. The molecular weight excluding hydrogens is 398 g/mol. The van der Waals surface area contributed by atoms with Crippen LogP contribution in [0.3, 0.4) is 0 Å². The van der Waals surface area contributed by atoms with Crippen molar-refractivity contribution >= 4 is 23.2 Å². The van der Waals surface area contributed by atoms with Gasteiger partial charge in [-0.1, -0.05) is 30.3 Å². The molecule has 2 aromatic carbocycles. The van der Waals surface area contributed by atoms with Crippen molar-refractivity contribution in [1.29, 1.82) is 0 Å². The summed E-state index contributed by atoms with van der Waals surface area (Å²) in [6.45, 7) is 4.39. The molecule has 3 rings (SSSR count). The molecule has 0 atom stereocenters. The van der Waals surface area contributed by atoms with E-state index in [1.165, 1.54) is 16.9 Å². The van der Waals surface area contributed by atoms with Crippen molar-refractivity contribution in [3.63, 3.8) is 0 Å². The number of primary amides is 1. The molecule has 0 aliphatic carbocycles. The minimum atomic E-state index is -0.579. The van der Waals surface area contributed by atoms with Gasteiger partial charge in [-0.15, -0.1) is 11.3 Å². The molecule has 0 aliphatic rings. The highest BCUT2D eigenvalue weighted by molar-refractivity contribution is 7.09. The van der Waals surface area contributed by atoms with Crippen molar-refractivity contribution in [2.24, 2.45) is 5.73 Å². The Hall–Kier alpha value is -3.19. The topological polar surface area (TPSA) is 96.5 Å². The highest BCUT2D eigenvalue weighted by Gasteiger charge is 2.20. The summed E-state index contributed by atoms with van der Waals surface area (Å²) in [4.78, 5) is 30.6.